The van der Waals surface area contributed by atoms with Gasteiger partial charge in [-0.2, -0.15) is 0 Å². The molecule has 138 valence electrons. The second-order valence-corrected chi connectivity index (χ2v) is 6.79. The average Bonchev–Trinajstić information content (AvgIpc) is 3.17. The Morgan fingerprint density at radius 3 is 2.88 bits per heavy atom. The van der Waals surface area contributed by atoms with E-state index < -0.39 is 0 Å². The van der Waals surface area contributed by atoms with Crippen LogP contribution in [0, 0.1) is 0 Å². The van der Waals surface area contributed by atoms with Crippen molar-refractivity contribution in [1.82, 2.24) is 9.88 Å². The Morgan fingerprint density at radius 2 is 2.12 bits per heavy atom. The van der Waals surface area contributed by atoms with Gasteiger partial charge in [-0.05, 0) is 37.8 Å². The Bertz CT molecular complexity index is 720. The Kier molecular flexibility index (Phi) is 6.10. The van der Waals surface area contributed by atoms with Gasteiger partial charge in [-0.25, -0.2) is 9.78 Å². The molecular weight excluding hydrogens is 326 g/mol. The number of pyridine rings is 1. The van der Waals surface area contributed by atoms with E-state index in [1.165, 1.54) is 0 Å². The Morgan fingerprint density at radius 1 is 1.31 bits per heavy atom. The number of hydrogen-bond donors (Lipinski definition) is 1. The maximum Gasteiger partial charge on any atom is 0.410 e. The van der Waals surface area contributed by atoms with Gasteiger partial charge < -0.3 is 15.0 Å². The van der Waals surface area contributed by atoms with Crippen molar-refractivity contribution >= 4 is 11.9 Å². The molecule has 1 amide bonds. The highest BCUT2D eigenvalue weighted by Crippen LogP contribution is 2.35. The molecule has 0 saturated carbocycles. The smallest absolute Gasteiger partial charge is 0.410 e. The van der Waals surface area contributed by atoms with E-state index >= 15 is 0 Å². The first-order valence-electron chi connectivity index (χ1n) is 9.37. The van der Waals surface area contributed by atoms with Crippen LogP contribution in [0.1, 0.15) is 50.3 Å². The molecule has 3 rings (SSSR count). The number of nitrogens with zero attached hydrogens (tertiary/aromatic N) is 2. The summed E-state index contributed by atoms with van der Waals surface area (Å²) in [6.45, 7) is 5.30. The van der Waals surface area contributed by atoms with Crippen LogP contribution in [0.3, 0.4) is 0 Å². The molecule has 1 aromatic carbocycles. The van der Waals surface area contributed by atoms with E-state index in [0.29, 0.717) is 12.6 Å². The quantitative estimate of drug-likeness (QED) is 0.813. The number of nitrogens with one attached hydrogen (secondary N) is 1. The molecule has 0 spiro atoms. The third-order valence-corrected chi connectivity index (χ3v) is 4.89. The molecule has 1 N–H and O–H groups in total. The van der Waals surface area contributed by atoms with E-state index in [1.54, 1.807) is 6.20 Å². The van der Waals surface area contributed by atoms with Crippen molar-refractivity contribution in [3.05, 3.63) is 59.8 Å². The van der Waals surface area contributed by atoms with Crippen molar-refractivity contribution < 1.29 is 9.53 Å². The van der Waals surface area contributed by atoms with E-state index in [-0.39, 0.29) is 12.1 Å². The lowest BCUT2D eigenvalue weighted by Crippen LogP contribution is -2.31. The second-order valence-electron chi connectivity index (χ2n) is 6.79. The zero-order valence-electron chi connectivity index (χ0n) is 15.5. The van der Waals surface area contributed by atoms with E-state index in [1.807, 2.05) is 41.3 Å². The summed E-state index contributed by atoms with van der Waals surface area (Å²) < 4.78 is 5.55. The zero-order chi connectivity index (χ0) is 18.4. The molecule has 26 heavy (non-hydrogen) atoms. The minimum atomic E-state index is -0.255. The standard InChI is InChI=1S/C21H27N3O2/c1-3-16(2)23-20-18(11-7-13-22-20)19-12-8-14-24(19)21(25)26-15-17-9-5-4-6-10-17/h4-7,9-11,13,16,19H,3,8,12,14-15H2,1-2H3,(H,22,23). The highest BCUT2D eigenvalue weighted by atomic mass is 16.6. The fourth-order valence-electron chi connectivity index (χ4n) is 3.25. The van der Waals surface area contributed by atoms with E-state index in [2.05, 4.69) is 30.2 Å². The van der Waals surface area contributed by atoms with Gasteiger partial charge in [0.2, 0.25) is 0 Å². The van der Waals surface area contributed by atoms with Crippen LogP contribution in [0.2, 0.25) is 0 Å². The molecule has 5 heteroatoms. The number of ether oxygens (including phenoxy) is 1. The summed E-state index contributed by atoms with van der Waals surface area (Å²) in [5.74, 6) is 0.870. The third-order valence-electron chi connectivity index (χ3n) is 4.89. The maximum absolute atomic E-state index is 12.7. The van der Waals surface area contributed by atoms with Crippen molar-refractivity contribution in [2.45, 2.75) is 51.8 Å². The molecule has 0 bridgehead atoms. The lowest BCUT2D eigenvalue weighted by atomic mass is 10.1. The van der Waals surface area contributed by atoms with Gasteiger partial charge in [0.05, 0.1) is 6.04 Å². The number of carbonyl (C=O) groups excluding carboxylic acids is 1. The Hall–Kier alpha value is -2.56. The molecule has 2 aromatic rings. The zero-order valence-corrected chi connectivity index (χ0v) is 15.5. The molecule has 5 nitrogen and oxygen atoms in total. The van der Waals surface area contributed by atoms with Crippen LogP contribution in [0.4, 0.5) is 10.6 Å². The van der Waals surface area contributed by atoms with Gasteiger partial charge in [-0.3, -0.25) is 0 Å². The van der Waals surface area contributed by atoms with Crippen molar-refractivity contribution in [1.29, 1.82) is 0 Å². The lowest BCUT2D eigenvalue weighted by molar-refractivity contribution is 0.0921. The maximum atomic E-state index is 12.7. The van der Waals surface area contributed by atoms with Crippen molar-refractivity contribution in [2.75, 3.05) is 11.9 Å². The summed E-state index contributed by atoms with van der Waals surface area (Å²) in [6, 6.07) is 14.1. The summed E-state index contributed by atoms with van der Waals surface area (Å²) in [5, 5.41) is 3.46. The molecular formula is C21H27N3O2. The summed E-state index contributed by atoms with van der Waals surface area (Å²) in [4.78, 5) is 19.0. The average molecular weight is 353 g/mol. The molecule has 1 aromatic heterocycles. The first kappa shape index (κ1) is 18.2. The van der Waals surface area contributed by atoms with Crippen LogP contribution in [-0.4, -0.2) is 28.6 Å². The minimum Gasteiger partial charge on any atom is -0.445 e. The fourth-order valence-corrected chi connectivity index (χ4v) is 3.25. The van der Waals surface area contributed by atoms with Gasteiger partial charge in [0.1, 0.15) is 12.4 Å². The number of aromatic nitrogens is 1. The lowest BCUT2D eigenvalue weighted by Gasteiger charge is -2.26. The van der Waals surface area contributed by atoms with Gasteiger partial charge in [0.15, 0.2) is 0 Å². The summed E-state index contributed by atoms with van der Waals surface area (Å²) >= 11 is 0. The second kappa shape index (κ2) is 8.70. The van der Waals surface area contributed by atoms with Crippen LogP contribution in [0.5, 0.6) is 0 Å². The third kappa shape index (κ3) is 4.34. The predicted molar refractivity (Wildman–Crippen MR) is 103 cm³/mol. The molecule has 2 unspecified atom stereocenters. The van der Waals surface area contributed by atoms with Crippen LogP contribution in [0.15, 0.2) is 48.7 Å². The van der Waals surface area contributed by atoms with Gasteiger partial charge in [-0.1, -0.05) is 43.3 Å². The fraction of sp³-hybridized carbons (Fsp3) is 0.429. The van der Waals surface area contributed by atoms with Gasteiger partial charge in [0, 0.05) is 24.3 Å². The minimum absolute atomic E-state index is 0.0125. The highest BCUT2D eigenvalue weighted by molar-refractivity contribution is 5.69. The molecule has 0 radical (unpaired) electrons. The molecule has 1 saturated heterocycles. The van der Waals surface area contributed by atoms with Gasteiger partial charge in [0.25, 0.3) is 0 Å². The molecule has 0 aliphatic carbocycles. The van der Waals surface area contributed by atoms with Crippen LogP contribution < -0.4 is 5.32 Å². The monoisotopic (exact) mass is 353 g/mol. The number of rotatable bonds is 6. The summed E-state index contributed by atoms with van der Waals surface area (Å²) in [5.41, 5.74) is 2.07. The SMILES string of the molecule is CCC(C)Nc1ncccc1C1CCCN1C(=O)OCc1ccccc1. The first-order valence-corrected chi connectivity index (χ1v) is 9.37. The van der Waals surface area contributed by atoms with Crippen molar-refractivity contribution in [2.24, 2.45) is 0 Å². The largest absolute Gasteiger partial charge is 0.445 e. The molecule has 2 heterocycles. The Balaban J connectivity index is 1.71. The first-order chi connectivity index (χ1) is 12.7. The van der Waals surface area contributed by atoms with Crippen LogP contribution in [0.25, 0.3) is 0 Å². The van der Waals surface area contributed by atoms with E-state index in [0.717, 1.165) is 42.8 Å². The number of hydrogen-bond acceptors (Lipinski definition) is 4. The number of carbonyl (C=O) groups is 1. The van der Waals surface area contributed by atoms with Gasteiger partial charge >= 0.3 is 6.09 Å². The van der Waals surface area contributed by atoms with Crippen LogP contribution >= 0.6 is 0 Å². The van der Waals surface area contributed by atoms with Crippen molar-refractivity contribution in [3.8, 4) is 0 Å². The number of anilines is 1. The summed E-state index contributed by atoms with van der Waals surface area (Å²) in [7, 11) is 0. The topological polar surface area (TPSA) is 54.5 Å². The van der Waals surface area contributed by atoms with Crippen LogP contribution in [-0.2, 0) is 11.3 Å². The molecule has 1 aliphatic rings. The number of amides is 1. The normalized spacial score (nSPS) is 17.8. The number of benzene rings is 1. The highest BCUT2D eigenvalue weighted by Gasteiger charge is 2.33. The number of likely N-dealkylation sites (tertiary alicyclic amines) is 1. The van der Waals surface area contributed by atoms with E-state index in [4.69, 9.17) is 4.74 Å². The molecule has 2 atom stereocenters. The van der Waals surface area contributed by atoms with Gasteiger partial charge in [-0.15, -0.1) is 0 Å². The summed E-state index contributed by atoms with van der Waals surface area (Å²) in [6.07, 6.45) is 4.46. The predicted octanol–water partition coefficient (Wildman–Crippen LogP) is 4.77. The Labute approximate surface area is 155 Å². The van der Waals surface area contributed by atoms with Crippen molar-refractivity contribution in [3.63, 3.8) is 0 Å². The van der Waals surface area contributed by atoms with E-state index in [9.17, 15) is 4.79 Å². The molecule has 1 aliphatic heterocycles. The molecule has 1 fully saturated rings.